The number of sulfonamides is 1. The number of piperidine rings is 1. The third kappa shape index (κ3) is 5.46. The fourth-order valence-corrected chi connectivity index (χ4v) is 5.09. The average molecular weight is 455 g/mol. The zero-order chi connectivity index (χ0) is 22.8. The van der Waals surface area contributed by atoms with Crippen LogP contribution in [0.5, 0.6) is 0 Å². The number of hydrogen-bond acceptors (Lipinski definition) is 3. The highest BCUT2D eigenvalue weighted by Crippen LogP contribution is 2.31. The highest BCUT2D eigenvalue weighted by molar-refractivity contribution is 7.89. The Kier molecular flexibility index (Phi) is 6.76. The van der Waals surface area contributed by atoms with Crippen LogP contribution in [0, 0.1) is 12.8 Å². The van der Waals surface area contributed by atoms with Gasteiger partial charge in [-0.05, 0) is 56.5 Å². The van der Waals surface area contributed by atoms with Crippen molar-refractivity contribution in [1.82, 2.24) is 9.62 Å². The first-order valence-electron chi connectivity index (χ1n) is 10.0. The molecule has 1 N–H and O–H groups in total. The molecule has 1 aliphatic heterocycles. The van der Waals surface area contributed by atoms with Gasteiger partial charge in [-0.1, -0.05) is 29.8 Å². The lowest BCUT2D eigenvalue weighted by molar-refractivity contribution is -0.137. The molecule has 1 amide bonds. The minimum absolute atomic E-state index is 0.215. The van der Waals surface area contributed by atoms with E-state index in [4.69, 9.17) is 0 Å². The monoisotopic (exact) mass is 454 g/mol. The van der Waals surface area contributed by atoms with E-state index < -0.39 is 33.7 Å². The fourth-order valence-electron chi connectivity index (χ4n) is 3.62. The molecule has 1 saturated heterocycles. The number of halogens is 3. The first kappa shape index (κ1) is 23.3. The molecule has 0 aromatic heterocycles. The van der Waals surface area contributed by atoms with Gasteiger partial charge in [-0.15, -0.1) is 0 Å². The van der Waals surface area contributed by atoms with Gasteiger partial charge in [0, 0.05) is 19.0 Å². The lowest BCUT2D eigenvalue weighted by atomic mass is 9.96. The molecule has 5 nitrogen and oxygen atoms in total. The Morgan fingerprint density at radius 2 is 1.71 bits per heavy atom. The lowest BCUT2D eigenvalue weighted by Gasteiger charge is -2.31. The van der Waals surface area contributed by atoms with Crippen LogP contribution in [0.1, 0.15) is 42.5 Å². The molecule has 0 spiro atoms. The summed E-state index contributed by atoms with van der Waals surface area (Å²) in [6, 6.07) is 10.9. The molecule has 0 aliphatic carbocycles. The zero-order valence-corrected chi connectivity index (χ0v) is 18.1. The van der Waals surface area contributed by atoms with Crippen molar-refractivity contribution in [2.45, 2.75) is 43.8 Å². The van der Waals surface area contributed by atoms with Crippen LogP contribution in [-0.4, -0.2) is 31.7 Å². The Morgan fingerprint density at radius 3 is 2.29 bits per heavy atom. The largest absolute Gasteiger partial charge is 0.416 e. The smallest absolute Gasteiger partial charge is 0.349 e. The van der Waals surface area contributed by atoms with Gasteiger partial charge in [0.2, 0.25) is 15.9 Å². The molecule has 0 radical (unpaired) electrons. The first-order valence-corrected chi connectivity index (χ1v) is 11.5. The van der Waals surface area contributed by atoms with Crippen molar-refractivity contribution in [2.24, 2.45) is 5.92 Å². The van der Waals surface area contributed by atoms with E-state index in [1.54, 1.807) is 31.2 Å². The van der Waals surface area contributed by atoms with Crippen LogP contribution in [0.3, 0.4) is 0 Å². The van der Waals surface area contributed by atoms with Gasteiger partial charge in [-0.2, -0.15) is 17.5 Å². The third-order valence-corrected chi connectivity index (χ3v) is 7.47. The maximum absolute atomic E-state index is 12.9. The van der Waals surface area contributed by atoms with Gasteiger partial charge in [-0.25, -0.2) is 8.42 Å². The van der Waals surface area contributed by atoms with Crippen LogP contribution in [0.4, 0.5) is 13.2 Å². The molecule has 1 heterocycles. The number of nitrogens with zero attached hydrogens (tertiary/aromatic N) is 1. The lowest BCUT2D eigenvalue weighted by Crippen LogP contribution is -2.43. The maximum atomic E-state index is 12.9. The zero-order valence-electron chi connectivity index (χ0n) is 17.3. The predicted octanol–water partition coefficient (Wildman–Crippen LogP) is 4.29. The van der Waals surface area contributed by atoms with E-state index in [2.05, 4.69) is 5.32 Å². The number of hydrogen-bond donors (Lipinski definition) is 1. The standard InChI is InChI=1S/C22H25F3N2O3S/c1-15-6-8-20(9-7-15)31(29,30)27-12-10-17(11-13-27)21(28)26-16(2)18-4-3-5-19(14-18)22(23,24)25/h3-9,14,16-17H,10-13H2,1-2H3,(H,26,28). The summed E-state index contributed by atoms with van der Waals surface area (Å²) in [6.45, 7) is 3.93. The summed E-state index contributed by atoms with van der Waals surface area (Å²) in [4.78, 5) is 12.8. The molecule has 1 atom stereocenters. The highest BCUT2D eigenvalue weighted by atomic mass is 32.2. The first-order chi connectivity index (χ1) is 14.5. The van der Waals surface area contributed by atoms with Crippen LogP contribution in [0.15, 0.2) is 53.4 Å². The Hall–Kier alpha value is -2.39. The number of carbonyl (C=O) groups is 1. The maximum Gasteiger partial charge on any atom is 0.416 e. The van der Waals surface area contributed by atoms with Crippen molar-refractivity contribution in [3.8, 4) is 0 Å². The SMILES string of the molecule is Cc1ccc(S(=O)(=O)N2CCC(C(=O)NC(C)c3cccc(C(F)(F)F)c3)CC2)cc1. The van der Waals surface area contributed by atoms with Crippen LogP contribution >= 0.6 is 0 Å². The number of rotatable bonds is 5. The Balaban J connectivity index is 1.60. The predicted molar refractivity (Wildman–Crippen MR) is 111 cm³/mol. The molecule has 168 valence electrons. The molecule has 2 aromatic carbocycles. The topological polar surface area (TPSA) is 66.5 Å². The molecule has 1 aliphatic rings. The molecular weight excluding hydrogens is 429 g/mol. The van der Waals surface area contributed by atoms with Crippen molar-refractivity contribution in [2.75, 3.05) is 13.1 Å². The molecule has 3 rings (SSSR count). The third-order valence-electron chi connectivity index (χ3n) is 5.56. The minimum Gasteiger partial charge on any atom is -0.349 e. The van der Waals surface area contributed by atoms with Gasteiger partial charge in [0.1, 0.15) is 0 Å². The van der Waals surface area contributed by atoms with E-state index in [-0.39, 0.29) is 23.9 Å². The van der Waals surface area contributed by atoms with E-state index >= 15 is 0 Å². The second-order valence-electron chi connectivity index (χ2n) is 7.84. The van der Waals surface area contributed by atoms with Crippen molar-refractivity contribution < 1.29 is 26.4 Å². The van der Waals surface area contributed by atoms with Crippen LogP contribution in [0.25, 0.3) is 0 Å². The number of benzene rings is 2. The van der Waals surface area contributed by atoms with Gasteiger partial charge >= 0.3 is 6.18 Å². The van der Waals surface area contributed by atoms with Gasteiger partial charge in [-0.3, -0.25) is 4.79 Å². The molecular formula is C22H25F3N2O3S. The van der Waals surface area contributed by atoms with Crippen molar-refractivity contribution in [1.29, 1.82) is 0 Å². The minimum atomic E-state index is -4.45. The van der Waals surface area contributed by atoms with Crippen molar-refractivity contribution in [3.63, 3.8) is 0 Å². The average Bonchev–Trinajstić information content (AvgIpc) is 2.73. The van der Waals surface area contributed by atoms with Crippen LogP contribution in [0.2, 0.25) is 0 Å². The molecule has 31 heavy (non-hydrogen) atoms. The number of nitrogens with one attached hydrogen (secondary N) is 1. The normalized spacial score (nSPS) is 17.3. The Labute approximate surface area is 180 Å². The molecule has 1 unspecified atom stereocenters. The molecule has 9 heteroatoms. The molecule has 2 aromatic rings. The van der Waals surface area contributed by atoms with E-state index in [9.17, 15) is 26.4 Å². The number of carbonyl (C=O) groups excluding carboxylic acids is 1. The van der Waals surface area contributed by atoms with Crippen molar-refractivity contribution >= 4 is 15.9 Å². The summed E-state index contributed by atoms with van der Waals surface area (Å²) in [7, 11) is -3.62. The summed E-state index contributed by atoms with van der Waals surface area (Å²) < 4.78 is 65.7. The second-order valence-corrected chi connectivity index (χ2v) is 9.78. The molecule has 0 bridgehead atoms. The van der Waals surface area contributed by atoms with Crippen LogP contribution < -0.4 is 5.32 Å². The molecule has 0 saturated carbocycles. The van der Waals surface area contributed by atoms with E-state index in [1.807, 2.05) is 6.92 Å². The van der Waals surface area contributed by atoms with Crippen molar-refractivity contribution in [3.05, 3.63) is 65.2 Å². The Bertz CT molecular complexity index is 1030. The van der Waals surface area contributed by atoms with Gasteiger partial charge in [0.05, 0.1) is 16.5 Å². The summed E-state index contributed by atoms with van der Waals surface area (Å²) in [5, 5.41) is 2.76. The summed E-state index contributed by atoms with van der Waals surface area (Å²) in [5.41, 5.74) is 0.562. The number of amides is 1. The highest BCUT2D eigenvalue weighted by Gasteiger charge is 2.33. The van der Waals surface area contributed by atoms with Gasteiger partial charge in [0.25, 0.3) is 0 Å². The van der Waals surface area contributed by atoms with Crippen LogP contribution in [-0.2, 0) is 21.0 Å². The van der Waals surface area contributed by atoms with Gasteiger partial charge < -0.3 is 5.32 Å². The number of alkyl halides is 3. The summed E-state index contributed by atoms with van der Waals surface area (Å²) in [6.07, 6.45) is -3.74. The number of aryl methyl sites for hydroxylation is 1. The quantitative estimate of drug-likeness (QED) is 0.733. The van der Waals surface area contributed by atoms with Gasteiger partial charge in [0.15, 0.2) is 0 Å². The fraction of sp³-hybridized carbons (Fsp3) is 0.409. The van der Waals surface area contributed by atoms with E-state index in [0.29, 0.717) is 18.4 Å². The second kappa shape index (κ2) is 9.00. The molecule has 1 fully saturated rings. The summed E-state index contributed by atoms with van der Waals surface area (Å²) in [5.74, 6) is -0.671. The van der Waals surface area contributed by atoms with E-state index in [0.717, 1.165) is 17.7 Å². The van der Waals surface area contributed by atoms with E-state index in [1.165, 1.54) is 16.4 Å². The Morgan fingerprint density at radius 1 is 1.10 bits per heavy atom. The summed E-state index contributed by atoms with van der Waals surface area (Å²) >= 11 is 0.